The van der Waals surface area contributed by atoms with Gasteiger partial charge in [0, 0.05) is 11.8 Å². The van der Waals surface area contributed by atoms with E-state index < -0.39 is 18.9 Å². The molecule has 7 nitrogen and oxygen atoms in total. The molecule has 0 fully saturated rings. The van der Waals surface area contributed by atoms with Crippen LogP contribution in [0, 0.1) is 0 Å². The van der Waals surface area contributed by atoms with Gasteiger partial charge in [0.05, 0.1) is 10.1 Å². The number of nitrogens with one attached hydrogen (secondary N) is 1. The molecule has 0 saturated carbocycles. The van der Waals surface area contributed by atoms with Crippen LogP contribution in [0.25, 0.3) is 0 Å². The molecule has 0 atom stereocenters. The Kier molecular flexibility index (Phi) is 11.1. The number of hydrogen-bond acceptors (Lipinski definition) is 7. The Balaban J connectivity index is 0. The van der Waals surface area contributed by atoms with Crippen molar-refractivity contribution < 1.29 is 46.2 Å². The summed E-state index contributed by atoms with van der Waals surface area (Å²) in [6, 6.07) is -0.0189. The van der Waals surface area contributed by atoms with Gasteiger partial charge in [0.15, 0.2) is 0 Å². The van der Waals surface area contributed by atoms with Gasteiger partial charge in [-0.2, -0.15) is 0 Å². The molecule has 0 amide bonds. The molecule has 0 radical (unpaired) electrons. The van der Waals surface area contributed by atoms with E-state index >= 15 is 0 Å². The standard InChI is InChI=1S/C7H19NO6SSi.Li/c9-15(10,11)6-2-1-4-8-5-3-7-16(12,13)14;/h8,12-14H,1-7H2,(H,9,10,11);/q;+1/p-1. The van der Waals surface area contributed by atoms with Crippen LogP contribution in [-0.4, -0.2) is 55.0 Å². The second-order valence-corrected chi connectivity index (χ2v) is 7.17. The van der Waals surface area contributed by atoms with Gasteiger partial charge >= 0.3 is 27.7 Å². The van der Waals surface area contributed by atoms with Gasteiger partial charge in [-0.3, -0.25) is 0 Å². The van der Waals surface area contributed by atoms with Gasteiger partial charge in [-0.05, 0) is 32.4 Å². The van der Waals surface area contributed by atoms with Gasteiger partial charge in [0.1, 0.15) is 0 Å². The summed E-state index contributed by atoms with van der Waals surface area (Å²) in [6.07, 6.45) is 1.33. The van der Waals surface area contributed by atoms with E-state index in [9.17, 15) is 13.0 Å². The molecule has 0 unspecified atom stereocenters. The zero-order valence-corrected chi connectivity index (χ0v) is 11.7. The van der Waals surface area contributed by atoms with E-state index in [1.54, 1.807) is 0 Å². The third kappa shape index (κ3) is 19.1. The van der Waals surface area contributed by atoms with Crippen molar-refractivity contribution in [2.45, 2.75) is 25.3 Å². The number of unbranched alkanes of at least 4 members (excludes halogenated alkanes) is 1. The molecule has 0 aliphatic carbocycles. The fraction of sp³-hybridized carbons (Fsp3) is 1.00. The maximum Gasteiger partial charge on any atom is 1.00 e. The van der Waals surface area contributed by atoms with E-state index in [0.29, 0.717) is 32.4 Å². The predicted octanol–water partition coefficient (Wildman–Crippen LogP) is -4.79. The van der Waals surface area contributed by atoms with Crippen molar-refractivity contribution in [3.63, 3.8) is 0 Å². The van der Waals surface area contributed by atoms with E-state index in [0.717, 1.165) is 0 Å². The Morgan fingerprint density at radius 2 is 1.59 bits per heavy atom. The van der Waals surface area contributed by atoms with Gasteiger partial charge in [0.2, 0.25) is 0 Å². The monoisotopic (exact) mass is 279 g/mol. The summed E-state index contributed by atoms with van der Waals surface area (Å²) in [5, 5.41) is 2.94. The van der Waals surface area contributed by atoms with Crippen LogP contribution in [0.4, 0.5) is 0 Å². The molecule has 0 aliphatic rings. The van der Waals surface area contributed by atoms with Gasteiger partial charge < -0.3 is 24.3 Å². The quantitative estimate of drug-likeness (QED) is 0.189. The van der Waals surface area contributed by atoms with Crippen molar-refractivity contribution >= 4 is 18.9 Å². The Labute approximate surface area is 115 Å². The molecule has 10 heteroatoms. The summed E-state index contributed by atoms with van der Waals surface area (Å²) in [4.78, 5) is 26.0. The first kappa shape index (κ1) is 19.9. The summed E-state index contributed by atoms with van der Waals surface area (Å²) in [5.41, 5.74) is 0. The molecule has 0 bridgehead atoms. The number of rotatable bonds is 9. The Bertz CT molecular complexity index is 281. The molecule has 98 valence electrons. The van der Waals surface area contributed by atoms with Crippen molar-refractivity contribution in [3.8, 4) is 0 Å². The van der Waals surface area contributed by atoms with Gasteiger partial charge in [-0.15, -0.1) is 0 Å². The van der Waals surface area contributed by atoms with Gasteiger partial charge in [-0.1, -0.05) is 0 Å². The molecule has 0 aromatic carbocycles. The van der Waals surface area contributed by atoms with Crippen molar-refractivity contribution in [2.24, 2.45) is 0 Å². The molecule has 4 N–H and O–H groups in total. The van der Waals surface area contributed by atoms with Crippen molar-refractivity contribution in [1.82, 2.24) is 5.32 Å². The van der Waals surface area contributed by atoms with E-state index in [1.165, 1.54) is 0 Å². The smallest absolute Gasteiger partial charge is 0.748 e. The van der Waals surface area contributed by atoms with Gasteiger partial charge in [-0.25, -0.2) is 8.42 Å². The number of hydrogen-bond donors (Lipinski definition) is 4. The fourth-order valence-electron chi connectivity index (χ4n) is 1.10. The summed E-state index contributed by atoms with van der Waals surface area (Å²) < 4.78 is 30.7. The SMILES string of the molecule is O=S(=O)([O-])CCCCNCCC[Si](O)(O)O.[Li+]. The van der Waals surface area contributed by atoms with E-state index in [2.05, 4.69) is 5.32 Å². The maximum absolute atomic E-state index is 10.2. The Hall–Kier alpha value is 0.564. The molecule has 0 saturated heterocycles. The Morgan fingerprint density at radius 1 is 1.06 bits per heavy atom. The topological polar surface area (TPSA) is 130 Å². The maximum atomic E-state index is 10.2. The van der Waals surface area contributed by atoms with Crippen LogP contribution < -0.4 is 24.2 Å². The molecule has 0 aromatic rings. The van der Waals surface area contributed by atoms with Crippen molar-refractivity contribution in [2.75, 3.05) is 18.8 Å². The zero-order valence-electron chi connectivity index (χ0n) is 9.92. The minimum atomic E-state index is -4.11. The largest absolute Gasteiger partial charge is 1.00 e. The van der Waals surface area contributed by atoms with E-state index in [1.807, 2.05) is 0 Å². The van der Waals surface area contributed by atoms with E-state index in [4.69, 9.17) is 14.4 Å². The first-order valence-electron chi connectivity index (χ1n) is 5.02. The first-order valence-corrected chi connectivity index (χ1v) is 8.65. The van der Waals surface area contributed by atoms with Crippen LogP contribution in [0.5, 0.6) is 0 Å². The Morgan fingerprint density at radius 3 is 2.06 bits per heavy atom. The molecule has 17 heavy (non-hydrogen) atoms. The molecule has 0 aromatic heterocycles. The molecular formula is C7H18LiNO6SSi. The van der Waals surface area contributed by atoms with Crippen LogP contribution in [0.3, 0.4) is 0 Å². The average Bonchev–Trinajstić information content (AvgIpc) is 2.06. The minimum Gasteiger partial charge on any atom is -0.748 e. The van der Waals surface area contributed by atoms with Gasteiger partial charge in [0.25, 0.3) is 0 Å². The molecule has 0 rings (SSSR count). The summed E-state index contributed by atoms with van der Waals surface area (Å²) in [6.45, 7) is 1.08. The average molecular weight is 279 g/mol. The molecule has 0 heterocycles. The van der Waals surface area contributed by atoms with Crippen LogP contribution >= 0.6 is 0 Å². The summed E-state index contributed by atoms with van der Waals surface area (Å²) in [7, 11) is -8.03. The molecule has 0 spiro atoms. The van der Waals surface area contributed by atoms with Crippen LogP contribution in [0.2, 0.25) is 6.04 Å². The predicted molar refractivity (Wildman–Crippen MR) is 58.5 cm³/mol. The third-order valence-corrected chi connectivity index (χ3v) is 3.68. The normalized spacial score (nSPS) is 12.2. The summed E-state index contributed by atoms with van der Waals surface area (Å²) in [5.74, 6) is -0.353. The molecule has 0 aliphatic heterocycles. The minimum absolute atomic E-state index is 0. The van der Waals surface area contributed by atoms with Crippen molar-refractivity contribution in [3.05, 3.63) is 0 Å². The van der Waals surface area contributed by atoms with Crippen LogP contribution in [-0.2, 0) is 10.1 Å². The van der Waals surface area contributed by atoms with E-state index in [-0.39, 0.29) is 30.7 Å². The molecular weight excluding hydrogens is 261 g/mol. The van der Waals surface area contributed by atoms with Crippen LogP contribution in [0.1, 0.15) is 19.3 Å². The second kappa shape index (κ2) is 9.49. The third-order valence-electron chi connectivity index (χ3n) is 1.86. The zero-order chi connectivity index (χ0) is 12.7. The summed E-state index contributed by atoms with van der Waals surface area (Å²) >= 11 is 0. The first-order chi connectivity index (χ1) is 7.21. The fourth-order valence-corrected chi connectivity index (χ4v) is 2.31. The van der Waals surface area contributed by atoms with Crippen LogP contribution in [0.15, 0.2) is 0 Å². The second-order valence-electron chi connectivity index (χ2n) is 3.60. The van der Waals surface area contributed by atoms with Crippen molar-refractivity contribution in [1.29, 1.82) is 0 Å².